The minimum absolute atomic E-state index is 0.0247. The molecule has 1 saturated heterocycles. The Bertz CT molecular complexity index is 308. The lowest BCUT2D eigenvalue weighted by Crippen LogP contribution is -2.59. The number of ketones is 1. The Morgan fingerprint density at radius 3 is 2.79 bits per heavy atom. The molecule has 78 valence electrons. The molecule has 0 aromatic heterocycles. The van der Waals surface area contributed by atoms with E-state index in [0.29, 0.717) is 25.0 Å². The van der Waals surface area contributed by atoms with E-state index in [4.69, 9.17) is 4.74 Å². The highest BCUT2D eigenvalue weighted by Crippen LogP contribution is 2.52. The summed E-state index contributed by atoms with van der Waals surface area (Å²) in [6.07, 6.45) is 1.06. The molecule has 3 nitrogen and oxygen atoms in total. The number of halogens is 1. The molecule has 3 atom stereocenters. The molecule has 0 bridgehead atoms. The summed E-state index contributed by atoms with van der Waals surface area (Å²) in [6.45, 7) is 6.01. The largest absolute Gasteiger partial charge is 0.381 e. The summed E-state index contributed by atoms with van der Waals surface area (Å²) in [5.41, 5.74) is -1.20. The first-order valence-corrected chi connectivity index (χ1v) is 5.55. The van der Waals surface area contributed by atoms with Crippen LogP contribution in [-0.4, -0.2) is 33.5 Å². The Labute approximate surface area is 91.3 Å². The Kier molecular flexibility index (Phi) is 2.14. The fourth-order valence-corrected chi connectivity index (χ4v) is 3.20. The van der Waals surface area contributed by atoms with Gasteiger partial charge < -0.3 is 9.84 Å². The number of alkyl halides is 1. The van der Waals surface area contributed by atoms with Gasteiger partial charge in [-0.15, -0.1) is 0 Å². The minimum atomic E-state index is -1.23. The zero-order valence-electron chi connectivity index (χ0n) is 8.05. The van der Waals surface area contributed by atoms with Crippen LogP contribution in [0.4, 0.5) is 0 Å². The van der Waals surface area contributed by atoms with Crippen molar-refractivity contribution in [2.24, 2.45) is 0 Å². The van der Waals surface area contributed by atoms with Gasteiger partial charge in [0.2, 0.25) is 0 Å². The highest BCUT2D eigenvalue weighted by molar-refractivity contribution is 9.10. The Balaban J connectivity index is 2.41. The zero-order chi connectivity index (χ0) is 10.6. The molecule has 2 rings (SSSR count). The van der Waals surface area contributed by atoms with Crippen molar-refractivity contribution in [3.63, 3.8) is 0 Å². The molecule has 3 unspecified atom stereocenters. The average Bonchev–Trinajstić information content (AvgIpc) is 2.90. The maximum atomic E-state index is 11.5. The second kappa shape index (κ2) is 2.90. The summed E-state index contributed by atoms with van der Waals surface area (Å²) in [5.74, 6) is 0.0247. The van der Waals surface area contributed by atoms with E-state index in [1.807, 2.05) is 0 Å². The second-order valence-electron chi connectivity index (χ2n) is 4.16. The quantitative estimate of drug-likeness (QED) is 0.438. The monoisotopic (exact) mass is 260 g/mol. The predicted molar refractivity (Wildman–Crippen MR) is 55.4 cm³/mol. The fourth-order valence-electron chi connectivity index (χ4n) is 2.16. The highest BCUT2D eigenvalue weighted by atomic mass is 79.9. The molecule has 1 N–H and O–H groups in total. The summed E-state index contributed by atoms with van der Waals surface area (Å²) in [4.78, 5) is 10.9. The lowest BCUT2D eigenvalue weighted by molar-refractivity contribution is -0.129. The lowest BCUT2D eigenvalue weighted by atomic mass is 9.71. The number of epoxide rings is 1. The van der Waals surface area contributed by atoms with Crippen molar-refractivity contribution < 1.29 is 14.6 Å². The summed E-state index contributed by atoms with van der Waals surface area (Å²) < 4.78 is 5.34. The zero-order valence-corrected chi connectivity index (χ0v) is 9.63. The van der Waals surface area contributed by atoms with Crippen molar-refractivity contribution in [1.29, 1.82) is 0 Å². The van der Waals surface area contributed by atoms with E-state index >= 15 is 0 Å². The first-order valence-electron chi connectivity index (χ1n) is 4.63. The van der Waals surface area contributed by atoms with Crippen molar-refractivity contribution >= 4 is 21.7 Å². The predicted octanol–water partition coefficient (Wildman–Crippen LogP) is 1.19. The van der Waals surface area contributed by atoms with Gasteiger partial charge in [0.05, 0.1) is 6.61 Å². The molecule has 0 amide bonds. The molecule has 4 heteroatoms. The van der Waals surface area contributed by atoms with Gasteiger partial charge in [-0.25, -0.2) is 0 Å². The van der Waals surface area contributed by atoms with Crippen LogP contribution in [0, 0.1) is 0 Å². The molecule has 1 aliphatic carbocycles. The van der Waals surface area contributed by atoms with Gasteiger partial charge in [-0.2, -0.15) is 0 Å². The third-order valence-electron chi connectivity index (χ3n) is 3.26. The number of carbonyl (C=O) groups is 1. The molecule has 1 aliphatic heterocycles. The standard InChI is InChI=1S/C10H13BrO3/c1-6(2)10(13)8(11)7(12)3-4-9(10)5-14-9/h8,13H,1,3-5H2,2H3. The molecule has 2 fully saturated rings. The smallest absolute Gasteiger partial charge is 0.149 e. The highest BCUT2D eigenvalue weighted by Gasteiger charge is 2.67. The van der Waals surface area contributed by atoms with E-state index in [9.17, 15) is 9.90 Å². The summed E-state index contributed by atoms with van der Waals surface area (Å²) in [7, 11) is 0. The summed E-state index contributed by atoms with van der Waals surface area (Å²) in [6, 6.07) is 0. The van der Waals surface area contributed by atoms with Crippen LogP contribution in [0.5, 0.6) is 0 Å². The van der Waals surface area contributed by atoms with Crippen molar-refractivity contribution in [1.82, 2.24) is 0 Å². The van der Waals surface area contributed by atoms with Crippen LogP contribution < -0.4 is 0 Å². The number of hydrogen-bond acceptors (Lipinski definition) is 3. The van der Waals surface area contributed by atoms with Gasteiger partial charge in [0, 0.05) is 6.42 Å². The fraction of sp³-hybridized carbons (Fsp3) is 0.700. The molecule has 2 aliphatic rings. The number of Topliss-reactive ketones (excluding diaryl/α,β-unsaturated/α-hetero) is 1. The maximum Gasteiger partial charge on any atom is 0.149 e. The van der Waals surface area contributed by atoms with Crippen molar-refractivity contribution in [2.45, 2.75) is 35.8 Å². The van der Waals surface area contributed by atoms with E-state index in [2.05, 4.69) is 22.5 Å². The van der Waals surface area contributed by atoms with Crippen molar-refractivity contribution in [3.8, 4) is 0 Å². The Morgan fingerprint density at radius 2 is 2.36 bits per heavy atom. The third kappa shape index (κ3) is 1.08. The topological polar surface area (TPSA) is 49.8 Å². The molecular formula is C10H13BrO3. The van der Waals surface area contributed by atoms with Gasteiger partial charge in [0.1, 0.15) is 21.8 Å². The van der Waals surface area contributed by atoms with Crippen LogP contribution in [0.25, 0.3) is 0 Å². The normalized spacial score (nSPS) is 46.8. The van der Waals surface area contributed by atoms with E-state index in [1.54, 1.807) is 6.92 Å². The molecule has 0 aromatic carbocycles. The van der Waals surface area contributed by atoms with Gasteiger partial charge in [-0.1, -0.05) is 22.5 Å². The number of rotatable bonds is 1. The Hall–Kier alpha value is -0.190. The van der Waals surface area contributed by atoms with Crippen LogP contribution in [0.15, 0.2) is 12.2 Å². The molecule has 1 spiro atoms. The van der Waals surface area contributed by atoms with Crippen LogP contribution in [0.3, 0.4) is 0 Å². The van der Waals surface area contributed by atoms with Crippen LogP contribution in [-0.2, 0) is 9.53 Å². The van der Waals surface area contributed by atoms with Crippen molar-refractivity contribution in [2.75, 3.05) is 6.61 Å². The van der Waals surface area contributed by atoms with E-state index in [1.165, 1.54) is 0 Å². The number of aliphatic hydroxyl groups is 1. The first kappa shape index (κ1) is 10.3. The first-order chi connectivity index (χ1) is 6.44. The molecule has 0 radical (unpaired) electrons. The Morgan fingerprint density at radius 1 is 1.79 bits per heavy atom. The van der Waals surface area contributed by atoms with E-state index in [-0.39, 0.29) is 5.78 Å². The van der Waals surface area contributed by atoms with Crippen LogP contribution in [0.1, 0.15) is 19.8 Å². The number of ether oxygens (including phenoxy) is 1. The number of hydrogen-bond donors (Lipinski definition) is 1. The van der Waals surface area contributed by atoms with Gasteiger partial charge in [0.15, 0.2) is 0 Å². The number of carbonyl (C=O) groups excluding carboxylic acids is 1. The lowest BCUT2D eigenvalue weighted by Gasteiger charge is -2.41. The third-order valence-corrected chi connectivity index (χ3v) is 4.44. The summed E-state index contributed by atoms with van der Waals surface area (Å²) in [5, 5.41) is 10.5. The molecular weight excluding hydrogens is 248 g/mol. The molecule has 14 heavy (non-hydrogen) atoms. The SMILES string of the molecule is C=C(C)C1(O)C(Br)C(=O)CCC12CO2. The second-order valence-corrected chi connectivity index (χ2v) is 5.07. The molecule has 1 heterocycles. The average molecular weight is 261 g/mol. The van der Waals surface area contributed by atoms with Crippen molar-refractivity contribution in [3.05, 3.63) is 12.2 Å². The van der Waals surface area contributed by atoms with Gasteiger partial charge >= 0.3 is 0 Å². The summed E-state index contributed by atoms with van der Waals surface area (Å²) >= 11 is 3.25. The van der Waals surface area contributed by atoms with Gasteiger partial charge in [-0.3, -0.25) is 4.79 Å². The minimum Gasteiger partial charge on any atom is -0.381 e. The van der Waals surface area contributed by atoms with Gasteiger partial charge in [0.25, 0.3) is 0 Å². The van der Waals surface area contributed by atoms with Crippen LogP contribution in [0.2, 0.25) is 0 Å². The van der Waals surface area contributed by atoms with E-state index in [0.717, 1.165) is 0 Å². The van der Waals surface area contributed by atoms with E-state index < -0.39 is 16.0 Å². The maximum absolute atomic E-state index is 11.5. The molecule has 1 saturated carbocycles. The molecule has 0 aromatic rings. The van der Waals surface area contributed by atoms with Crippen LogP contribution >= 0.6 is 15.9 Å². The van der Waals surface area contributed by atoms with Gasteiger partial charge in [-0.05, 0) is 18.9 Å².